The van der Waals surface area contributed by atoms with E-state index in [0.717, 1.165) is 14.9 Å². The molecular weight excluding hydrogens is 507 g/mol. The number of nitrogens with one attached hydrogen (secondary N) is 2. The highest BCUT2D eigenvalue weighted by molar-refractivity contribution is 9.10. The number of imidazole rings is 1. The lowest BCUT2D eigenvalue weighted by molar-refractivity contribution is -0.148. The third-order valence-corrected chi connectivity index (χ3v) is 5.83. The zero-order valence-corrected chi connectivity index (χ0v) is 19.9. The first-order chi connectivity index (χ1) is 15.5. The van der Waals surface area contributed by atoms with E-state index in [1.807, 2.05) is 24.3 Å². The Morgan fingerprint density at radius 1 is 1.30 bits per heavy atom. The van der Waals surface area contributed by atoms with Gasteiger partial charge in [0, 0.05) is 11.0 Å². The molecule has 1 aliphatic heterocycles. The predicted octanol–water partition coefficient (Wildman–Crippen LogP) is 3.92. The molecule has 1 fully saturated rings. The molecule has 0 bridgehead atoms. The van der Waals surface area contributed by atoms with Crippen LogP contribution in [0.25, 0.3) is 11.3 Å². The Balaban J connectivity index is 1.90. The Hall–Kier alpha value is -2.60. The van der Waals surface area contributed by atoms with Crippen LogP contribution in [-0.4, -0.2) is 70.9 Å². The van der Waals surface area contributed by atoms with Gasteiger partial charge in [-0.25, -0.2) is 9.78 Å². The second-order valence-corrected chi connectivity index (χ2v) is 9.05. The van der Waals surface area contributed by atoms with E-state index in [1.165, 1.54) is 12.0 Å². The first-order valence-electron chi connectivity index (χ1n) is 10.2. The van der Waals surface area contributed by atoms with Gasteiger partial charge in [-0.15, -0.1) is 0 Å². The summed E-state index contributed by atoms with van der Waals surface area (Å²) in [5.74, 6) is -0.456. The zero-order chi connectivity index (χ0) is 24.3. The number of methoxy groups -OCH3 is 1. The van der Waals surface area contributed by atoms with E-state index >= 15 is 0 Å². The molecule has 2 heterocycles. The molecule has 180 valence electrons. The third kappa shape index (κ3) is 6.26. The summed E-state index contributed by atoms with van der Waals surface area (Å²) in [7, 11) is 1.17. The van der Waals surface area contributed by atoms with Gasteiger partial charge in [0.1, 0.15) is 17.9 Å². The number of alkyl halides is 3. The average molecular weight is 532 g/mol. The Morgan fingerprint density at radius 3 is 2.55 bits per heavy atom. The van der Waals surface area contributed by atoms with Gasteiger partial charge in [-0.05, 0) is 23.6 Å². The highest BCUT2D eigenvalue weighted by Crippen LogP contribution is 2.31. The molecule has 0 radical (unpaired) electrons. The second kappa shape index (κ2) is 10.1. The van der Waals surface area contributed by atoms with Gasteiger partial charge in [-0.3, -0.25) is 9.69 Å². The van der Waals surface area contributed by atoms with Gasteiger partial charge in [0.2, 0.25) is 5.91 Å². The summed E-state index contributed by atoms with van der Waals surface area (Å²) < 4.78 is 44.7. The van der Waals surface area contributed by atoms with E-state index in [1.54, 1.807) is 20.0 Å². The molecule has 2 unspecified atom stereocenters. The number of aromatic amines is 1. The molecule has 2 aromatic rings. The van der Waals surface area contributed by atoms with Gasteiger partial charge in [-0.1, -0.05) is 41.9 Å². The molecule has 0 spiro atoms. The first kappa shape index (κ1) is 25.0. The van der Waals surface area contributed by atoms with E-state index in [2.05, 4.69) is 36.0 Å². The number of rotatable bonds is 6. The lowest BCUT2D eigenvalue weighted by Gasteiger charge is -2.29. The molecule has 33 heavy (non-hydrogen) atoms. The smallest absolute Gasteiger partial charge is 0.407 e. The molecule has 1 aliphatic rings. The van der Waals surface area contributed by atoms with Gasteiger partial charge >= 0.3 is 12.3 Å². The lowest BCUT2D eigenvalue weighted by atomic mass is 10.0. The van der Waals surface area contributed by atoms with E-state index in [-0.39, 0.29) is 19.1 Å². The molecule has 2 amide bonds. The molecule has 0 aliphatic carbocycles. The number of alkyl carbamates (subject to hydrolysis) is 1. The number of amides is 2. The fourth-order valence-electron chi connectivity index (χ4n) is 3.70. The van der Waals surface area contributed by atoms with Crippen LogP contribution in [0.15, 0.2) is 34.9 Å². The van der Waals surface area contributed by atoms with Crippen molar-refractivity contribution in [3.8, 4) is 11.3 Å². The van der Waals surface area contributed by atoms with Crippen LogP contribution in [0.3, 0.4) is 0 Å². The molecule has 1 aromatic carbocycles. The minimum absolute atomic E-state index is 0.0540. The van der Waals surface area contributed by atoms with Gasteiger partial charge in [0.05, 0.1) is 32.2 Å². The SMILES string of the molecule is COC(=O)NC(C(=O)N1CN(CC(F)(F)F)CC1c1ncc(-c2ccc(Br)cc2)[nH]1)C(C)C. The van der Waals surface area contributed by atoms with Gasteiger partial charge in [-0.2, -0.15) is 13.2 Å². The van der Waals surface area contributed by atoms with E-state index in [4.69, 9.17) is 0 Å². The van der Waals surface area contributed by atoms with Gasteiger partial charge < -0.3 is 19.9 Å². The Kier molecular flexibility index (Phi) is 7.68. The van der Waals surface area contributed by atoms with Crippen molar-refractivity contribution < 1.29 is 27.5 Å². The molecule has 1 saturated heterocycles. The predicted molar refractivity (Wildman–Crippen MR) is 118 cm³/mol. The molecule has 0 saturated carbocycles. The van der Waals surface area contributed by atoms with Gasteiger partial charge in [0.25, 0.3) is 0 Å². The van der Waals surface area contributed by atoms with Crippen LogP contribution in [-0.2, 0) is 9.53 Å². The molecule has 1 aromatic heterocycles. The summed E-state index contributed by atoms with van der Waals surface area (Å²) >= 11 is 3.37. The van der Waals surface area contributed by atoms with Crippen LogP contribution in [0.5, 0.6) is 0 Å². The molecular formula is C21H25BrF3N5O3. The Morgan fingerprint density at radius 2 is 1.97 bits per heavy atom. The number of ether oxygens (including phenoxy) is 1. The van der Waals surface area contributed by atoms with Crippen molar-refractivity contribution in [1.82, 2.24) is 25.1 Å². The normalized spacial score (nSPS) is 17.9. The fraction of sp³-hybridized carbons (Fsp3) is 0.476. The summed E-state index contributed by atoms with van der Waals surface area (Å²) in [5.41, 5.74) is 1.51. The number of halogens is 4. The van der Waals surface area contributed by atoms with Crippen LogP contribution in [0.1, 0.15) is 25.7 Å². The number of nitrogens with zero attached hydrogens (tertiary/aromatic N) is 3. The number of aromatic nitrogens is 2. The molecule has 3 rings (SSSR count). The number of carbonyl (C=O) groups is 2. The summed E-state index contributed by atoms with van der Waals surface area (Å²) in [4.78, 5) is 35.1. The summed E-state index contributed by atoms with van der Waals surface area (Å²) in [6.07, 6.45) is -3.63. The molecule has 12 heteroatoms. The molecule has 8 nitrogen and oxygen atoms in total. The molecule has 2 N–H and O–H groups in total. The third-order valence-electron chi connectivity index (χ3n) is 5.30. The van der Waals surface area contributed by atoms with Crippen molar-refractivity contribution in [1.29, 1.82) is 0 Å². The Bertz CT molecular complexity index is 980. The highest BCUT2D eigenvalue weighted by atomic mass is 79.9. The van der Waals surface area contributed by atoms with Crippen LogP contribution < -0.4 is 5.32 Å². The second-order valence-electron chi connectivity index (χ2n) is 8.14. The van der Waals surface area contributed by atoms with Gasteiger partial charge in [0.15, 0.2) is 0 Å². The minimum atomic E-state index is -4.42. The van der Waals surface area contributed by atoms with Crippen molar-refractivity contribution >= 4 is 27.9 Å². The summed E-state index contributed by atoms with van der Waals surface area (Å²) in [5, 5.41) is 2.49. The van der Waals surface area contributed by atoms with E-state index in [0.29, 0.717) is 11.5 Å². The summed E-state index contributed by atoms with van der Waals surface area (Å²) in [6, 6.07) is 5.74. The average Bonchev–Trinajstić information content (AvgIpc) is 3.37. The minimum Gasteiger partial charge on any atom is -0.453 e. The van der Waals surface area contributed by atoms with Crippen molar-refractivity contribution in [3.63, 3.8) is 0 Å². The maximum absolute atomic E-state index is 13.3. The van der Waals surface area contributed by atoms with Crippen molar-refractivity contribution in [2.24, 2.45) is 5.92 Å². The highest BCUT2D eigenvalue weighted by Gasteiger charge is 2.43. The van der Waals surface area contributed by atoms with Crippen LogP contribution in [0.4, 0.5) is 18.0 Å². The van der Waals surface area contributed by atoms with E-state index < -0.39 is 36.8 Å². The topological polar surface area (TPSA) is 90.6 Å². The monoisotopic (exact) mass is 531 g/mol. The lowest BCUT2D eigenvalue weighted by Crippen LogP contribution is -2.51. The number of hydrogen-bond donors (Lipinski definition) is 2. The summed E-state index contributed by atoms with van der Waals surface area (Å²) in [6.45, 7) is 2.00. The Labute approximate surface area is 197 Å². The largest absolute Gasteiger partial charge is 0.453 e. The van der Waals surface area contributed by atoms with Crippen LogP contribution in [0, 0.1) is 5.92 Å². The molecule has 2 atom stereocenters. The van der Waals surface area contributed by atoms with E-state index in [9.17, 15) is 22.8 Å². The van der Waals surface area contributed by atoms with Crippen LogP contribution >= 0.6 is 15.9 Å². The number of hydrogen-bond acceptors (Lipinski definition) is 5. The van der Waals surface area contributed by atoms with Crippen molar-refractivity contribution in [2.45, 2.75) is 32.1 Å². The number of carbonyl (C=O) groups excluding carboxylic acids is 2. The number of benzene rings is 1. The first-order valence-corrected chi connectivity index (χ1v) is 11.0. The fourth-order valence-corrected chi connectivity index (χ4v) is 3.96. The van der Waals surface area contributed by atoms with Crippen LogP contribution in [0.2, 0.25) is 0 Å². The van der Waals surface area contributed by atoms with Crippen molar-refractivity contribution in [3.05, 3.63) is 40.8 Å². The number of H-pyrrole nitrogens is 1. The zero-order valence-electron chi connectivity index (χ0n) is 18.3. The quantitative estimate of drug-likeness (QED) is 0.589. The van der Waals surface area contributed by atoms with Crippen molar-refractivity contribution in [2.75, 3.05) is 26.9 Å². The maximum Gasteiger partial charge on any atom is 0.407 e. The maximum atomic E-state index is 13.3. The standard InChI is InChI=1S/C21H25BrF3N5O3/c1-12(2)17(28-20(32)33-3)19(31)30-11-29(10-21(23,24)25)9-16(30)18-26-8-15(27-18)13-4-6-14(22)7-5-13/h4-8,12,16-17H,9-11H2,1-3H3,(H,26,27)(H,28,32).